The number of unbranched alkanes of at least 4 members (excludes halogenated alkanes) is 14. The fraction of sp³-hybridized carbons (Fsp3) is 0.857. The third kappa shape index (κ3) is 18.4. The molecule has 0 saturated heterocycles. The van der Waals surface area contributed by atoms with Gasteiger partial charge < -0.3 is 15.1 Å². The minimum Gasteiger partial charge on any atom is -0.608 e. The number of carboxylic acid groups (broad SMARTS) is 1. The molecule has 0 aliphatic rings. The lowest BCUT2D eigenvalue weighted by atomic mass is 10.0. The molecule has 158 valence electrons. The molecule has 0 aromatic heterocycles. The van der Waals surface area contributed by atoms with Gasteiger partial charge in [0.1, 0.15) is 5.82 Å². The number of aliphatic hydroxyl groups is 1. The molecule has 6 heteroatoms. The Bertz CT molecular complexity index is 413. The van der Waals surface area contributed by atoms with Crippen molar-refractivity contribution >= 4 is 13.9 Å². The van der Waals surface area contributed by atoms with Gasteiger partial charge in [-0.2, -0.15) is 0 Å². The number of aliphatic carboxylic acids is 1. The summed E-state index contributed by atoms with van der Waals surface area (Å²) in [7, 11) is -2.05. The molecule has 0 spiro atoms. The van der Waals surface area contributed by atoms with E-state index in [1.165, 1.54) is 89.3 Å². The molecule has 27 heavy (non-hydrogen) atoms. The van der Waals surface area contributed by atoms with Crippen molar-refractivity contribution in [1.82, 2.24) is 0 Å². The second kappa shape index (κ2) is 20.0. The molecular formula is C21H40NO4P. The zero-order valence-corrected chi connectivity index (χ0v) is 18.0. The van der Waals surface area contributed by atoms with Crippen molar-refractivity contribution in [3.63, 3.8) is 0 Å². The van der Waals surface area contributed by atoms with Gasteiger partial charge in [-0.25, -0.2) is 4.79 Å². The number of nitrogens with zero attached hydrogens (tertiary/aromatic N) is 1. The van der Waals surface area contributed by atoms with E-state index in [9.17, 15) is 9.69 Å². The second-order valence-electron chi connectivity index (χ2n) is 7.22. The van der Waals surface area contributed by atoms with Crippen molar-refractivity contribution in [1.29, 1.82) is 0 Å². The first kappa shape index (κ1) is 26.2. The molecular weight excluding hydrogens is 361 g/mol. The van der Waals surface area contributed by atoms with E-state index in [0.717, 1.165) is 12.8 Å². The number of hydrogen-bond acceptors (Lipinski definition) is 4. The van der Waals surface area contributed by atoms with Gasteiger partial charge in [0.2, 0.25) is 6.04 Å². The van der Waals surface area contributed by atoms with E-state index in [-0.39, 0.29) is 0 Å². The summed E-state index contributed by atoms with van der Waals surface area (Å²) in [6, 6.07) is -1.29. The van der Waals surface area contributed by atoms with Gasteiger partial charge in [-0.1, -0.05) is 95.1 Å². The van der Waals surface area contributed by atoms with Crippen LogP contribution in [0.3, 0.4) is 0 Å². The molecule has 5 nitrogen and oxygen atoms in total. The van der Waals surface area contributed by atoms with Crippen molar-refractivity contribution in [2.75, 3.05) is 6.61 Å². The molecule has 0 amide bonds. The Kier molecular flexibility index (Phi) is 19.4. The van der Waals surface area contributed by atoms with Crippen molar-refractivity contribution in [3.8, 4) is 0 Å². The Labute approximate surface area is 166 Å². The zero-order chi connectivity index (χ0) is 20.2. The van der Waals surface area contributed by atoms with Gasteiger partial charge in [0.05, 0.1) is 6.61 Å². The Balaban J connectivity index is 3.42. The molecule has 0 aromatic carbocycles. The third-order valence-electron chi connectivity index (χ3n) is 4.67. The molecule has 0 aliphatic heterocycles. The number of carboxylic acids is 1. The molecule has 0 saturated carbocycles. The van der Waals surface area contributed by atoms with Crippen LogP contribution in [-0.4, -0.2) is 28.8 Å². The van der Waals surface area contributed by atoms with Crippen LogP contribution in [0.1, 0.15) is 103 Å². The SMILES string of the molecule is CCCCCCCCCCCCCCCCC=C[P+]([O-])=N[C@@H](CO)C(=O)O. The van der Waals surface area contributed by atoms with Crippen LogP contribution in [0.15, 0.2) is 16.6 Å². The van der Waals surface area contributed by atoms with Gasteiger partial charge in [-0.15, -0.1) is 0 Å². The highest BCUT2D eigenvalue weighted by Gasteiger charge is 2.17. The van der Waals surface area contributed by atoms with Gasteiger partial charge in [0.25, 0.3) is 0 Å². The van der Waals surface area contributed by atoms with E-state index < -0.39 is 26.6 Å². The van der Waals surface area contributed by atoms with Gasteiger partial charge in [0, 0.05) is 0 Å². The summed E-state index contributed by atoms with van der Waals surface area (Å²) in [6.07, 6.45) is 21.2. The van der Waals surface area contributed by atoms with Crippen LogP contribution >= 0.6 is 7.94 Å². The maximum Gasteiger partial charge on any atom is 0.335 e. The lowest BCUT2D eigenvalue weighted by molar-refractivity contribution is -0.154. The summed E-state index contributed by atoms with van der Waals surface area (Å²) in [5.74, 6) is 0.199. The molecule has 0 rings (SSSR count). The van der Waals surface area contributed by atoms with E-state index in [0.29, 0.717) is 0 Å². The monoisotopic (exact) mass is 401 g/mol. The van der Waals surface area contributed by atoms with E-state index in [1.54, 1.807) is 6.08 Å². The molecule has 2 N–H and O–H groups in total. The highest BCUT2D eigenvalue weighted by molar-refractivity contribution is 7.43. The van der Waals surface area contributed by atoms with E-state index in [1.807, 2.05) is 0 Å². The highest BCUT2D eigenvalue weighted by Crippen LogP contribution is 2.19. The lowest BCUT2D eigenvalue weighted by Crippen LogP contribution is -2.21. The van der Waals surface area contributed by atoms with E-state index in [4.69, 9.17) is 10.2 Å². The van der Waals surface area contributed by atoms with Crippen molar-refractivity contribution in [2.45, 2.75) is 109 Å². The van der Waals surface area contributed by atoms with Crippen LogP contribution in [0.4, 0.5) is 0 Å². The zero-order valence-electron chi connectivity index (χ0n) is 17.2. The lowest BCUT2D eigenvalue weighted by Gasteiger charge is -2.02. The first-order valence-corrected chi connectivity index (χ1v) is 12.1. The van der Waals surface area contributed by atoms with Gasteiger partial charge in [-0.3, -0.25) is 0 Å². The Morgan fingerprint density at radius 1 is 0.926 bits per heavy atom. The second-order valence-corrected chi connectivity index (χ2v) is 8.36. The maximum atomic E-state index is 11.6. The summed E-state index contributed by atoms with van der Waals surface area (Å²) in [6.45, 7) is 1.64. The van der Waals surface area contributed by atoms with Gasteiger partial charge >= 0.3 is 5.97 Å². The Morgan fingerprint density at radius 3 is 1.78 bits per heavy atom. The summed E-state index contributed by atoms with van der Waals surface area (Å²) >= 11 is 0. The first-order chi connectivity index (χ1) is 13.1. The Hall–Kier alpha value is -0.770. The highest BCUT2D eigenvalue weighted by atomic mass is 31.1. The summed E-state index contributed by atoms with van der Waals surface area (Å²) in [5, 5.41) is 17.6. The van der Waals surface area contributed by atoms with Crippen LogP contribution in [0.2, 0.25) is 0 Å². The predicted molar refractivity (Wildman–Crippen MR) is 112 cm³/mol. The van der Waals surface area contributed by atoms with E-state index in [2.05, 4.69) is 11.7 Å². The number of aliphatic hydroxyl groups excluding tert-OH is 1. The Morgan fingerprint density at radius 2 is 1.37 bits per heavy atom. The number of carbonyl (C=O) groups is 1. The molecule has 2 atom stereocenters. The standard InChI is InChI=1S/C21H40NO4P/c1-2-3-4-5-6-7-8-9-10-11-12-13-14-15-16-17-18-27(26)22-20(19-23)21(24)25/h17-18,20,23H,2-16,19H2,1H3,(H,24,25)/t20-/m0/s1. The number of hydrogen-bond donors (Lipinski definition) is 2. The van der Waals surface area contributed by atoms with Crippen LogP contribution in [-0.2, 0) is 4.79 Å². The first-order valence-electron chi connectivity index (χ1n) is 10.8. The normalized spacial score (nSPS) is 13.4. The number of rotatable bonds is 19. The largest absolute Gasteiger partial charge is 0.608 e. The molecule has 0 bridgehead atoms. The molecule has 0 aliphatic carbocycles. The smallest absolute Gasteiger partial charge is 0.335 e. The quantitative estimate of drug-likeness (QED) is 0.213. The van der Waals surface area contributed by atoms with E-state index >= 15 is 0 Å². The topological polar surface area (TPSA) is 93.0 Å². The average molecular weight is 402 g/mol. The van der Waals surface area contributed by atoms with Crippen LogP contribution in [0, 0.1) is 0 Å². The van der Waals surface area contributed by atoms with Gasteiger partial charge in [0.15, 0.2) is 7.94 Å². The van der Waals surface area contributed by atoms with Crippen LogP contribution in [0.5, 0.6) is 0 Å². The molecule has 0 fully saturated rings. The molecule has 0 radical (unpaired) electrons. The average Bonchev–Trinajstić information content (AvgIpc) is 2.65. The maximum absolute atomic E-state index is 11.6. The fourth-order valence-corrected chi connectivity index (χ4v) is 3.81. The van der Waals surface area contributed by atoms with Crippen molar-refractivity contribution in [2.24, 2.45) is 4.74 Å². The van der Waals surface area contributed by atoms with Crippen molar-refractivity contribution in [3.05, 3.63) is 11.9 Å². The summed E-state index contributed by atoms with van der Waals surface area (Å²) in [5.41, 5.74) is 0. The summed E-state index contributed by atoms with van der Waals surface area (Å²) < 4.78 is 3.57. The van der Waals surface area contributed by atoms with Gasteiger partial charge in [-0.05, 0) is 18.9 Å². The minimum absolute atomic E-state index is 0.622. The minimum atomic E-state index is -2.05. The molecule has 0 aromatic rings. The molecule has 1 unspecified atom stereocenters. The predicted octanol–water partition coefficient (Wildman–Crippen LogP) is 5.76. The number of allylic oxidation sites excluding steroid dienone is 1. The molecule has 0 heterocycles. The van der Waals surface area contributed by atoms with Crippen molar-refractivity contribution < 1.29 is 19.9 Å². The third-order valence-corrected chi connectivity index (χ3v) is 5.64. The van der Waals surface area contributed by atoms with Crippen LogP contribution in [0.25, 0.3) is 0 Å². The summed E-state index contributed by atoms with van der Waals surface area (Å²) in [4.78, 5) is 22.3. The van der Waals surface area contributed by atoms with Crippen LogP contribution < -0.4 is 4.89 Å². The fourth-order valence-electron chi connectivity index (χ4n) is 2.96.